The van der Waals surface area contributed by atoms with Gasteiger partial charge in [-0.3, -0.25) is 0 Å². The predicted octanol–water partition coefficient (Wildman–Crippen LogP) is 2.46. The summed E-state index contributed by atoms with van der Waals surface area (Å²) < 4.78 is 4.94. The van der Waals surface area contributed by atoms with Crippen molar-refractivity contribution in [2.45, 2.75) is 22.7 Å². The van der Waals surface area contributed by atoms with Crippen LogP contribution in [0.15, 0.2) is 33.8 Å². The minimum atomic E-state index is 0.558. The highest BCUT2D eigenvalue weighted by Crippen LogP contribution is 2.33. The quantitative estimate of drug-likeness (QED) is 0.891. The fourth-order valence-corrected chi connectivity index (χ4v) is 2.91. The van der Waals surface area contributed by atoms with Crippen LogP contribution in [0.3, 0.4) is 0 Å². The van der Waals surface area contributed by atoms with Crippen molar-refractivity contribution in [3.63, 3.8) is 0 Å². The Hall–Kier alpha value is -0.910. The smallest absolute Gasteiger partial charge is 0.174 e. The van der Waals surface area contributed by atoms with Crippen LogP contribution in [0.1, 0.15) is 11.1 Å². The minimum Gasteiger partial charge on any atom is -0.326 e. The molecular weight excluding hydrogens is 226 g/mol. The summed E-state index contributed by atoms with van der Waals surface area (Å²) in [6.45, 7) is 2.64. The topological polar surface area (TPSA) is 51.8 Å². The second kappa shape index (κ2) is 4.74. The molecule has 0 aliphatic heterocycles. The van der Waals surface area contributed by atoms with Crippen molar-refractivity contribution >= 4 is 23.3 Å². The van der Waals surface area contributed by atoms with E-state index < -0.39 is 0 Å². The summed E-state index contributed by atoms with van der Waals surface area (Å²) in [4.78, 5) is 5.36. The van der Waals surface area contributed by atoms with E-state index in [4.69, 9.17) is 5.73 Å². The third-order valence-corrected chi connectivity index (χ3v) is 4.05. The molecule has 1 aromatic heterocycles. The van der Waals surface area contributed by atoms with E-state index >= 15 is 0 Å². The van der Waals surface area contributed by atoms with E-state index in [9.17, 15) is 0 Å². The van der Waals surface area contributed by atoms with Crippen LogP contribution in [0, 0.1) is 6.92 Å². The van der Waals surface area contributed by atoms with Gasteiger partial charge in [0.05, 0.1) is 0 Å². The van der Waals surface area contributed by atoms with Gasteiger partial charge in [-0.15, -0.1) is 0 Å². The molecule has 0 saturated carbocycles. The number of hydrogen-bond donors (Lipinski definition) is 1. The Balaban J connectivity index is 2.34. The van der Waals surface area contributed by atoms with Gasteiger partial charge in [-0.1, -0.05) is 30.0 Å². The summed E-state index contributed by atoms with van der Waals surface area (Å²) in [7, 11) is 0. The molecule has 0 spiro atoms. The Morgan fingerprint density at radius 2 is 2.33 bits per heavy atom. The molecule has 0 aliphatic rings. The van der Waals surface area contributed by atoms with Gasteiger partial charge in [-0.05, 0) is 29.6 Å². The number of nitrogens with zero attached hydrogens (tertiary/aromatic N) is 2. The fraction of sp³-hybridized carbons (Fsp3) is 0.200. The molecule has 0 fully saturated rings. The molecule has 0 radical (unpaired) electrons. The second-order valence-electron chi connectivity index (χ2n) is 3.08. The largest absolute Gasteiger partial charge is 0.326 e. The molecule has 0 amide bonds. The van der Waals surface area contributed by atoms with E-state index in [2.05, 4.69) is 28.4 Å². The lowest BCUT2D eigenvalue weighted by Gasteiger charge is -2.08. The number of rotatable bonds is 3. The molecule has 0 saturated heterocycles. The third-order valence-electron chi connectivity index (χ3n) is 2.04. The Kier molecular flexibility index (Phi) is 3.35. The lowest BCUT2D eigenvalue weighted by atomic mass is 10.1. The Bertz CT molecular complexity index is 440. The van der Waals surface area contributed by atoms with E-state index in [-0.39, 0.29) is 0 Å². The van der Waals surface area contributed by atoms with Gasteiger partial charge in [-0.2, -0.15) is 4.37 Å². The molecule has 2 rings (SSSR count). The fourth-order valence-electron chi connectivity index (χ4n) is 1.32. The molecule has 2 aromatic rings. The Labute approximate surface area is 96.9 Å². The first-order chi connectivity index (χ1) is 7.31. The zero-order valence-corrected chi connectivity index (χ0v) is 9.94. The van der Waals surface area contributed by atoms with Crippen molar-refractivity contribution in [3.05, 3.63) is 35.7 Å². The van der Waals surface area contributed by atoms with Gasteiger partial charge >= 0.3 is 0 Å². The minimum absolute atomic E-state index is 0.558. The Morgan fingerprint density at radius 1 is 1.47 bits per heavy atom. The maximum Gasteiger partial charge on any atom is 0.174 e. The number of aromatic nitrogens is 2. The van der Waals surface area contributed by atoms with Gasteiger partial charge in [-0.25, -0.2) is 4.98 Å². The lowest BCUT2D eigenvalue weighted by molar-refractivity contribution is 1.01. The average molecular weight is 237 g/mol. The monoisotopic (exact) mass is 237 g/mol. The van der Waals surface area contributed by atoms with Crippen molar-refractivity contribution in [1.29, 1.82) is 0 Å². The van der Waals surface area contributed by atoms with Crippen molar-refractivity contribution in [3.8, 4) is 0 Å². The molecule has 5 heteroatoms. The van der Waals surface area contributed by atoms with Crippen LogP contribution in [-0.4, -0.2) is 9.36 Å². The molecule has 0 atom stereocenters. The molecule has 1 heterocycles. The van der Waals surface area contributed by atoms with Gasteiger partial charge < -0.3 is 5.73 Å². The molecule has 15 heavy (non-hydrogen) atoms. The number of nitrogens with two attached hydrogens (primary N) is 1. The standard InChI is InChI=1S/C10H11N3S2/c1-7-3-2-4-8(5-11)9(7)14-10-12-6-13-15-10/h2-4,6H,5,11H2,1H3. The zero-order chi connectivity index (χ0) is 10.7. The van der Waals surface area contributed by atoms with E-state index in [1.165, 1.54) is 22.0 Å². The van der Waals surface area contributed by atoms with Gasteiger partial charge in [0.2, 0.25) is 0 Å². The molecule has 3 nitrogen and oxygen atoms in total. The molecule has 1 aromatic carbocycles. The first kappa shape index (κ1) is 10.6. The van der Waals surface area contributed by atoms with Crippen molar-refractivity contribution in [2.24, 2.45) is 5.73 Å². The number of benzene rings is 1. The normalized spacial score (nSPS) is 10.5. The van der Waals surface area contributed by atoms with Crippen LogP contribution in [0.2, 0.25) is 0 Å². The summed E-state index contributed by atoms with van der Waals surface area (Å²) in [6.07, 6.45) is 1.58. The highest BCUT2D eigenvalue weighted by atomic mass is 32.2. The average Bonchev–Trinajstić information content (AvgIpc) is 2.74. The first-order valence-corrected chi connectivity index (χ1v) is 6.13. The Morgan fingerprint density at radius 3 is 3.00 bits per heavy atom. The number of hydrogen-bond acceptors (Lipinski definition) is 5. The van der Waals surface area contributed by atoms with Gasteiger partial charge in [0.1, 0.15) is 6.33 Å². The third kappa shape index (κ3) is 2.37. The maximum absolute atomic E-state index is 5.70. The van der Waals surface area contributed by atoms with Crippen LogP contribution < -0.4 is 5.73 Å². The van der Waals surface area contributed by atoms with Crippen LogP contribution in [0.4, 0.5) is 0 Å². The SMILES string of the molecule is Cc1cccc(CN)c1Sc1ncns1. The molecular formula is C10H11N3S2. The summed E-state index contributed by atoms with van der Waals surface area (Å²) in [5.74, 6) is 0. The highest BCUT2D eigenvalue weighted by Gasteiger charge is 2.08. The van der Waals surface area contributed by atoms with Crippen molar-refractivity contribution < 1.29 is 0 Å². The van der Waals surface area contributed by atoms with Crippen LogP contribution in [0.25, 0.3) is 0 Å². The predicted molar refractivity (Wildman–Crippen MR) is 63.1 cm³/mol. The van der Waals surface area contributed by atoms with Gasteiger partial charge in [0.25, 0.3) is 0 Å². The van der Waals surface area contributed by atoms with E-state index in [0.717, 1.165) is 9.90 Å². The van der Waals surface area contributed by atoms with Crippen molar-refractivity contribution in [2.75, 3.05) is 0 Å². The van der Waals surface area contributed by atoms with Gasteiger partial charge in [0, 0.05) is 11.4 Å². The van der Waals surface area contributed by atoms with Crippen molar-refractivity contribution in [1.82, 2.24) is 9.36 Å². The zero-order valence-electron chi connectivity index (χ0n) is 8.30. The van der Waals surface area contributed by atoms with E-state index in [0.29, 0.717) is 6.54 Å². The van der Waals surface area contributed by atoms with Crippen LogP contribution in [0.5, 0.6) is 0 Å². The van der Waals surface area contributed by atoms with E-state index in [1.807, 2.05) is 6.07 Å². The lowest BCUT2D eigenvalue weighted by Crippen LogP contribution is -1.99. The van der Waals surface area contributed by atoms with Gasteiger partial charge in [0.15, 0.2) is 4.34 Å². The number of aryl methyl sites for hydroxylation is 1. The summed E-state index contributed by atoms with van der Waals surface area (Å²) in [5, 5.41) is 0. The molecule has 0 aliphatic carbocycles. The summed E-state index contributed by atoms with van der Waals surface area (Å²) in [6, 6.07) is 6.17. The van der Waals surface area contributed by atoms with Crippen LogP contribution >= 0.6 is 23.3 Å². The summed E-state index contributed by atoms with van der Waals surface area (Å²) in [5.41, 5.74) is 8.10. The first-order valence-electron chi connectivity index (χ1n) is 4.54. The molecule has 78 valence electrons. The highest BCUT2D eigenvalue weighted by molar-refractivity contribution is 8.01. The van der Waals surface area contributed by atoms with Crippen LogP contribution in [-0.2, 0) is 6.54 Å². The molecule has 0 bridgehead atoms. The molecule has 0 unspecified atom stereocenters. The summed E-state index contributed by atoms with van der Waals surface area (Å²) >= 11 is 3.04. The maximum atomic E-state index is 5.70. The molecule has 2 N–H and O–H groups in total. The van der Waals surface area contributed by atoms with E-state index in [1.54, 1.807) is 18.1 Å². The second-order valence-corrected chi connectivity index (χ2v) is 5.11.